The standard InChI is InChI=1S/C19H19ClN2O/c1-4-13(3)19(23)17-15-9-6-10-16(20)22(15)21-18(17)14-8-5-7-12(2)11-14/h4-11,19,23H,1-3H3/b13-4+. The molecule has 118 valence electrons. The SMILES string of the molecule is C/C=C(\C)C(O)c1c(-c2cccc(C)c2)nn2c(Cl)cccc12. The third-order valence-electron chi connectivity index (χ3n) is 4.10. The van der Waals surface area contributed by atoms with Gasteiger partial charge in [0.2, 0.25) is 0 Å². The normalized spacial score (nSPS) is 13.5. The number of aromatic nitrogens is 2. The second-order valence-electron chi connectivity index (χ2n) is 5.71. The summed E-state index contributed by atoms with van der Waals surface area (Å²) in [7, 11) is 0. The van der Waals surface area contributed by atoms with Crippen molar-refractivity contribution in [3.8, 4) is 11.3 Å². The summed E-state index contributed by atoms with van der Waals surface area (Å²) in [6, 6.07) is 13.7. The van der Waals surface area contributed by atoms with Gasteiger partial charge >= 0.3 is 0 Å². The predicted molar refractivity (Wildman–Crippen MR) is 94.8 cm³/mol. The number of fused-ring (bicyclic) bond motifs is 1. The van der Waals surface area contributed by atoms with Gasteiger partial charge in [0.1, 0.15) is 11.3 Å². The molecule has 0 aliphatic carbocycles. The van der Waals surface area contributed by atoms with Crippen LogP contribution in [-0.4, -0.2) is 14.7 Å². The summed E-state index contributed by atoms with van der Waals surface area (Å²) in [5.74, 6) is 0. The Morgan fingerprint density at radius 1 is 1.26 bits per heavy atom. The number of rotatable bonds is 3. The summed E-state index contributed by atoms with van der Waals surface area (Å²) in [4.78, 5) is 0. The van der Waals surface area contributed by atoms with Crippen molar-refractivity contribution in [2.45, 2.75) is 26.9 Å². The zero-order chi connectivity index (χ0) is 16.6. The molecule has 1 atom stereocenters. The third-order valence-corrected chi connectivity index (χ3v) is 4.39. The van der Waals surface area contributed by atoms with Crippen molar-refractivity contribution in [1.29, 1.82) is 0 Å². The van der Waals surface area contributed by atoms with Gasteiger partial charge in [0, 0.05) is 11.1 Å². The van der Waals surface area contributed by atoms with Crippen molar-refractivity contribution in [1.82, 2.24) is 9.61 Å². The Labute approximate surface area is 140 Å². The molecule has 2 heterocycles. The van der Waals surface area contributed by atoms with Crippen LogP contribution >= 0.6 is 11.6 Å². The van der Waals surface area contributed by atoms with E-state index in [9.17, 15) is 5.11 Å². The van der Waals surface area contributed by atoms with Crippen LogP contribution in [0.4, 0.5) is 0 Å². The van der Waals surface area contributed by atoms with Crippen molar-refractivity contribution >= 4 is 17.1 Å². The highest BCUT2D eigenvalue weighted by Crippen LogP contribution is 2.35. The maximum atomic E-state index is 10.8. The molecule has 23 heavy (non-hydrogen) atoms. The molecule has 0 radical (unpaired) electrons. The van der Waals surface area contributed by atoms with Gasteiger partial charge < -0.3 is 5.11 Å². The van der Waals surface area contributed by atoms with Crippen LogP contribution in [0.2, 0.25) is 5.15 Å². The zero-order valence-corrected chi connectivity index (χ0v) is 14.2. The van der Waals surface area contributed by atoms with Crippen LogP contribution in [0.5, 0.6) is 0 Å². The molecule has 3 nitrogen and oxygen atoms in total. The molecule has 1 aromatic carbocycles. The molecule has 1 unspecified atom stereocenters. The molecule has 0 saturated carbocycles. The number of pyridine rings is 1. The number of hydrogen-bond donors (Lipinski definition) is 1. The summed E-state index contributed by atoms with van der Waals surface area (Å²) in [6.07, 6.45) is 1.20. The Hall–Kier alpha value is -2.10. The fourth-order valence-corrected chi connectivity index (χ4v) is 2.92. The summed E-state index contributed by atoms with van der Waals surface area (Å²) >= 11 is 6.28. The van der Waals surface area contributed by atoms with Gasteiger partial charge in [0.25, 0.3) is 0 Å². The average Bonchev–Trinajstić information content (AvgIpc) is 2.94. The number of aliphatic hydroxyl groups is 1. The van der Waals surface area contributed by atoms with Gasteiger partial charge in [0.15, 0.2) is 0 Å². The third kappa shape index (κ3) is 2.78. The number of allylic oxidation sites excluding steroid dienone is 1. The molecule has 1 N–H and O–H groups in total. The Morgan fingerprint density at radius 3 is 2.70 bits per heavy atom. The molecule has 0 bridgehead atoms. The number of hydrogen-bond acceptors (Lipinski definition) is 2. The molecule has 4 heteroatoms. The molecule has 0 aliphatic rings. The average molecular weight is 327 g/mol. The van der Waals surface area contributed by atoms with Crippen LogP contribution in [0.15, 0.2) is 54.1 Å². The summed E-state index contributed by atoms with van der Waals surface area (Å²) in [5, 5.41) is 16.0. The Balaban J connectivity index is 2.34. The van der Waals surface area contributed by atoms with Crippen molar-refractivity contribution in [3.63, 3.8) is 0 Å². The smallest absolute Gasteiger partial charge is 0.131 e. The fourth-order valence-electron chi connectivity index (χ4n) is 2.72. The van der Waals surface area contributed by atoms with Crippen LogP contribution < -0.4 is 0 Å². The number of benzene rings is 1. The lowest BCUT2D eigenvalue weighted by Gasteiger charge is -2.12. The molecule has 3 rings (SSSR count). The highest BCUT2D eigenvalue weighted by atomic mass is 35.5. The van der Waals surface area contributed by atoms with E-state index in [1.165, 1.54) is 0 Å². The van der Waals surface area contributed by atoms with E-state index in [1.807, 2.05) is 57.2 Å². The van der Waals surface area contributed by atoms with E-state index in [4.69, 9.17) is 11.6 Å². The van der Waals surface area contributed by atoms with E-state index in [0.717, 1.165) is 33.5 Å². The Morgan fingerprint density at radius 2 is 2.00 bits per heavy atom. The maximum absolute atomic E-state index is 10.8. The van der Waals surface area contributed by atoms with Gasteiger partial charge in [-0.2, -0.15) is 5.10 Å². The van der Waals surface area contributed by atoms with Crippen molar-refractivity contribution < 1.29 is 5.11 Å². The number of aryl methyl sites for hydroxylation is 1. The maximum Gasteiger partial charge on any atom is 0.131 e. The van der Waals surface area contributed by atoms with Crippen LogP contribution in [0.3, 0.4) is 0 Å². The number of nitrogens with zero attached hydrogens (tertiary/aromatic N) is 2. The lowest BCUT2D eigenvalue weighted by atomic mass is 9.97. The molecular formula is C19H19ClN2O. The molecule has 0 saturated heterocycles. The molecule has 3 aromatic rings. The van der Waals surface area contributed by atoms with Crippen molar-refractivity contribution in [3.05, 3.63) is 70.4 Å². The minimum Gasteiger partial charge on any atom is -0.384 e. The van der Waals surface area contributed by atoms with E-state index < -0.39 is 6.10 Å². The zero-order valence-electron chi connectivity index (χ0n) is 13.4. The van der Waals surface area contributed by atoms with Crippen LogP contribution in [0, 0.1) is 6.92 Å². The van der Waals surface area contributed by atoms with E-state index in [1.54, 1.807) is 10.6 Å². The first-order chi connectivity index (χ1) is 11.0. The lowest BCUT2D eigenvalue weighted by molar-refractivity contribution is 0.217. The van der Waals surface area contributed by atoms with Crippen molar-refractivity contribution in [2.75, 3.05) is 0 Å². The first kappa shape index (κ1) is 15.8. The van der Waals surface area contributed by atoms with Gasteiger partial charge in [0.05, 0.1) is 11.2 Å². The first-order valence-electron chi connectivity index (χ1n) is 7.58. The molecule has 0 amide bonds. The van der Waals surface area contributed by atoms with E-state index in [2.05, 4.69) is 11.2 Å². The quantitative estimate of drug-likeness (QED) is 0.545. The van der Waals surface area contributed by atoms with E-state index in [0.29, 0.717) is 5.15 Å². The van der Waals surface area contributed by atoms with Gasteiger partial charge in [-0.1, -0.05) is 47.5 Å². The van der Waals surface area contributed by atoms with Gasteiger partial charge in [-0.3, -0.25) is 0 Å². The van der Waals surface area contributed by atoms with Crippen LogP contribution in [0.1, 0.15) is 31.1 Å². The van der Waals surface area contributed by atoms with Crippen molar-refractivity contribution in [2.24, 2.45) is 0 Å². The van der Waals surface area contributed by atoms with Crippen LogP contribution in [-0.2, 0) is 0 Å². The predicted octanol–water partition coefficient (Wildman–Crippen LogP) is 4.96. The molecule has 0 spiro atoms. The summed E-state index contributed by atoms with van der Waals surface area (Å²) in [5.41, 5.74) is 5.37. The van der Waals surface area contributed by atoms with E-state index >= 15 is 0 Å². The number of aliphatic hydroxyl groups excluding tert-OH is 1. The second-order valence-corrected chi connectivity index (χ2v) is 6.10. The second kappa shape index (κ2) is 6.19. The monoisotopic (exact) mass is 326 g/mol. The minimum absolute atomic E-state index is 0.521. The van der Waals surface area contributed by atoms with Crippen LogP contribution in [0.25, 0.3) is 16.8 Å². The highest BCUT2D eigenvalue weighted by molar-refractivity contribution is 6.29. The molecule has 0 aliphatic heterocycles. The summed E-state index contributed by atoms with van der Waals surface area (Å²) in [6.45, 7) is 5.88. The minimum atomic E-state index is -0.716. The molecule has 2 aromatic heterocycles. The molecular weight excluding hydrogens is 308 g/mol. The first-order valence-corrected chi connectivity index (χ1v) is 7.95. The van der Waals surface area contributed by atoms with Gasteiger partial charge in [-0.15, -0.1) is 0 Å². The number of halogens is 1. The van der Waals surface area contributed by atoms with E-state index in [-0.39, 0.29) is 0 Å². The lowest BCUT2D eigenvalue weighted by Crippen LogP contribution is -2.00. The molecule has 0 fully saturated rings. The largest absolute Gasteiger partial charge is 0.384 e. The Bertz CT molecular complexity index is 896. The Kier molecular flexibility index (Phi) is 4.24. The van der Waals surface area contributed by atoms with Gasteiger partial charge in [-0.25, -0.2) is 4.52 Å². The highest BCUT2D eigenvalue weighted by Gasteiger charge is 2.23. The topological polar surface area (TPSA) is 37.5 Å². The fraction of sp³-hybridized carbons (Fsp3) is 0.211. The summed E-state index contributed by atoms with van der Waals surface area (Å²) < 4.78 is 1.68. The van der Waals surface area contributed by atoms with Gasteiger partial charge in [-0.05, 0) is 44.5 Å².